The summed E-state index contributed by atoms with van der Waals surface area (Å²) in [6.45, 7) is 7.98. The summed E-state index contributed by atoms with van der Waals surface area (Å²) in [5.74, 6) is -0.873. The first kappa shape index (κ1) is 16.3. The average Bonchev–Trinajstić information content (AvgIpc) is 2.77. The van der Waals surface area contributed by atoms with Crippen LogP contribution in [-0.4, -0.2) is 39.9 Å². The van der Waals surface area contributed by atoms with Crippen LogP contribution in [0.1, 0.15) is 66.2 Å². The number of nitrogens with zero attached hydrogens (tertiary/aromatic N) is 1. The molecule has 0 bridgehead atoms. The molecule has 1 saturated carbocycles. The van der Waals surface area contributed by atoms with Crippen molar-refractivity contribution in [3.8, 4) is 0 Å². The van der Waals surface area contributed by atoms with Crippen LogP contribution in [0.4, 0.5) is 0 Å². The average molecular weight is 295 g/mol. The molecule has 2 amide bonds. The van der Waals surface area contributed by atoms with E-state index in [2.05, 4.69) is 5.32 Å². The minimum absolute atomic E-state index is 0.0666. The quantitative estimate of drug-likeness (QED) is 0.721. The fourth-order valence-corrected chi connectivity index (χ4v) is 4.33. The Hall–Kier alpha value is -1.10. The summed E-state index contributed by atoms with van der Waals surface area (Å²) in [6, 6.07) is 0.233. The molecule has 1 aliphatic heterocycles. The molecule has 2 fully saturated rings. The summed E-state index contributed by atoms with van der Waals surface area (Å²) in [5, 5.41) is 2.90. The summed E-state index contributed by atoms with van der Waals surface area (Å²) in [5.41, 5.74) is 5.32. The maximum atomic E-state index is 12.7. The number of piperidine rings is 1. The van der Waals surface area contributed by atoms with Gasteiger partial charge in [-0.1, -0.05) is 12.8 Å². The van der Waals surface area contributed by atoms with Gasteiger partial charge < -0.3 is 16.0 Å². The number of hydrogen-bond donors (Lipinski definition) is 2. The predicted octanol–water partition coefficient (Wildman–Crippen LogP) is 1.55. The van der Waals surface area contributed by atoms with Crippen LogP contribution in [-0.2, 0) is 9.59 Å². The molecular weight excluding hydrogens is 266 g/mol. The molecular formula is C16H29N3O2. The molecule has 0 aromatic rings. The van der Waals surface area contributed by atoms with Gasteiger partial charge in [-0.15, -0.1) is 0 Å². The van der Waals surface area contributed by atoms with E-state index in [0.717, 1.165) is 38.5 Å². The van der Waals surface area contributed by atoms with Gasteiger partial charge in [0.1, 0.15) is 0 Å². The Morgan fingerprint density at radius 3 is 2.00 bits per heavy atom. The Morgan fingerprint density at radius 2 is 1.52 bits per heavy atom. The van der Waals surface area contributed by atoms with Gasteiger partial charge in [-0.05, 0) is 53.4 Å². The molecule has 3 N–H and O–H groups in total. The Balaban J connectivity index is 2.13. The number of nitrogens with one attached hydrogen (secondary N) is 1. The number of carbonyl (C=O) groups excluding carboxylic acids is 2. The van der Waals surface area contributed by atoms with Gasteiger partial charge >= 0.3 is 11.8 Å². The molecule has 1 heterocycles. The maximum absolute atomic E-state index is 12.7. The van der Waals surface area contributed by atoms with Crippen LogP contribution in [0.2, 0.25) is 0 Å². The number of rotatable bonds is 1. The highest BCUT2D eigenvalue weighted by atomic mass is 16.2. The van der Waals surface area contributed by atoms with Crippen LogP contribution in [0.25, 0.3) is 0 Å². The van der Waals surface area contributed by atoms with Crippen molar-refractivity contribution in [2.75, 3.05) is 0 Å². The van der Waals surface area contributed by atoms with E-state index in [1.54, 1.807) is 4.90 Å². The Bertz CT molecular complexity index is 407. The molecule has 0 radical (unpaired) electrons. The molecule has 2 rings (SSSR count). The summed E-state index contributed by atoms with van der Waals surface area (Å²) in [6.07, 6.45) is 5.68. The molecule has 2 aliphatic rings. The first-order valence-electron chi connectivity index (χ1n) is 8.04. The standard InChI is InChI=1S/C16H29N3O2/c1-15(2)9-11(17)10-16(3,4)19(15)14(21)13(20)18-12-7-5-6-8-12/h11-12H,5-10,17H2,1-4H3,(H,18,20). The minimum Gasteiger partial charge on any atom is -0.345 e. The van der Waals surface area contributed by atoms with Crippen LogP contribution in [0.3, 0.4) is 0 Å². The zero-order valence-corrected chi connectivity index (χ0v) is 13.7. The normalized spacial score (nSPS) is 25.9. The molecule has 5 heteroatoms. The summed E-state index contributed by atoms with van der Waals surface area (Å²) in [4.78, 5) is 26.8. The third-order valence-electron chi connectivity index (χ3n) is 4.82. The van der Waals surface area contributed by atoms with E-state index >= 15 is 0 Å². The monoisotopic (exact) mass is 295 g/mol. The highest BCUT2D eigenvalue weighted by Crippen LogP contribution is 2.37. The van der Waals surface area contributed by atoms with Gasteiger partial charge in [0, 0.05) is 23.2 Å². The molecule has 0 aromatic carbocycles. The highest BCUT2D eigenvalue weighted by Gasteiger charge is 2.48. The van der Waals surface area contributed by atoms with E-state index in [9.17, 15) is 9.59 Å². The van der Waals surface area contributed by atoms with Gasteiger partial charge in [-0.25, -0.2) is 0 Å². The van der Waals surface area contributed by atoms with Crippen molar-refractivity contribution < 1.29 is 9.59 Å². The number of carbonyl (C=O) groups is 2. The van der Waals surface area contributed by atoms with E-state index in [1.807, 2.05) is 27.7 Å². The van der Waals surface area contributed by atoms with Gasteiger partial charge in [0.25, 0.3) is 0 Å². The second-order valence-electron chi connectivity index (χ2n) is 7.89. The molecule has 0 atom stereocenters. The Morgan fingerprint density at radius 1 is 1.05 bits per heavy atom. The minimum atomic E-state index is -0.460. The van der Waals surface area contributed by atoms with E-state index in [1.165, 1.54) is 0 Å². The van der Waals surface area contributed by atoms with Gasteiger partial charge in [0.2, 0.25) is 0 Å². The van der Waals surface area contributed by atoms with Crippen LogP contribution in [0.5, 0.6) is 0 Å². The third kappa shape index (κ3) is 3.39. The fourth-order valence-electron chi connectivity index (χ4n) is 4.33. The Labute approximate surface area is 127 Å². The first-order chi connectivity index (χ1) is 9.63. The third-order valence-corrected chi connectivity index (χ3v) is 4.82. The highest BCUT2D eigenvalue weighted by molar-refractivity contribution is 6.35. The lowest BCUT2D eigenvalue weighted by Crippen LogP contribution is -2.67. The molecule has 0 aromatic heterocycles. The van der Waals surface area contributed by atoms with Gasteiger partial charge in [0.05, 0.1) is 0 Å². The molecule has 21 heavy (non-hydrogen) atoms. The molecule has 1 saturated heterocycles. The first-order valence-corrected chi connectivity index (χ1v) is 8.04. The van der Waals surface area contributed by atoms with Crippen molar-refractivity contribution in [1.29, 1.82) is 0 Å². The summed E-state index contributed by atoms with van der Waals surface area (Å²) >= 11 is 0. The smallest absolute Gasteiger partial charge is 0.312 e. The molecule has 1 aliphatic carbocycles. The van der Waals surface area contributed by atoms with Crippen molar-refractivity contribution >= 4 is 11.8 Å². The molecule has 120 valence electrons. The van der Waals surface area contributed by atoms with Crippen LogP contribution >= 0.6 is 0 Å². The predicted molar refractivity (Wildman–Crippen MR) is 82.6 cm³/mol. The topological polar surface area (TPSA) is 75.4 Å². The fraction of sp³-hybridized carbons (Fsp3) is 0.875. The summed E-state index contributed by atoms with van der Waals surface area (Å²) < 4.78 is 0. The van der Waals surface area contributed by atoms with Gasteiger partial charge in [-0.3, -0.25) is 9.59 Å². The zero-order chi connectivity index (χ0) is 15.8. The lowest BCUT2D eigenvalue weighted by molar-refractivity contribution is -0.159. The second kappa shape index (κ2) is 5.59. The van der Waals surface area contributed by atoms with Crippen molar-refractivity contribution in [2.45, 2.75) is 89.4 Å². The number of amides is 2. The zero-order valence-electron chi connectivity index (χ0n) is 13.7. The number of likely N-dealkylation sites (tertiary alicyclic amines) is 1. The largest absolute Gasteiger partial charge is 0.345 e. The van der Waals surface area contributed by atoms with Gasteiger partial charge in [0.15, 0.2) is 0 Å². The van der Waals surface area contributed by atoms with Crippen LogP contribution < -0.4 is 11.1 Å². The lowest BCUT2D eigenvalue weighted by Gasteiger charge is -2.54. The molecule has 0 unspecified atom stereocenters. The summed E-state index contributed by atoms with van der Waals surface area (Å²) in [7, 11) is 0. The van der Waals surface area contributed by atoms with E-state index in [4.69, 9.17) is 5.73 Å². The van der Waals surface area contributed by atoms with Crippen molar-refractivity contribution in [3.63, 3.8) is 0 Å². The number of hydrogen-bond acceptors (Lipinski definition) is 3. The van der Waals surface area contributed by atoms with Crippen molar-refractivity contribution in [1.82, 2.24) is 10.2 Å². The van der Waals surface area contributed by atoms with Crippen LogP contribution in [0.15, 0.2) is 0 Å². The molecule has 0 spiro atoms. The SMILES string of the molecule is CC1(C)CC(N)CC(C)(C)N1C(=O)C(=O)NC1CCCC1. The van der Waals surface area contributed by atoms with Crippen molar-refractivity contribution in [2.24, 2.45) is 5.73 Å². The van der Waals surface area contributed by atoms with E-state index in [0.29, 0.717) is 0 Å². The maximum Gasteiger partial charge on any atom is 0.312 e. The molecule has 5 nitrogen and oxygen atoms in total. The number of nitrogens with two attached hydrogens (primary N) is 1. The lowest BCUT2D eigenvalue weighted by atomic mass is 9.77. The second-order valence-corrected chi connectivity index (χ2v) is 7.89. The van der Waals surface area contributed by atoms with E-state index < -0.39 is 22.9 Å². The Kier molecular flexibility index (Phi) is 4.34. The van der Waals surface area contributed by atoms with Crippen LogP contribution in [0, 0.1) is 0 Å². The van der Waals surface area contributed by atoms with Gasteiger partial charge in [-0.2, -0.15) is 0 Å². The van der Waals surface area contributed by atoms with E-state index in [-0.39, 0.29) is 12.1 Å². The van der Waals surface area contributed by atoms with Crippen molar-refractivity contribution in [3.05, 3.63) is 0 Å².